The summed E-state index contributed by atoms with van der Waals surface area (Å²) in [6.07, 6.45) is 0. The summed E-state index contributed by atoms with van der Waals surface area (Å²) in [7, 11) is 0. The summed E-state index contributed by atoms with van der Waals surface area (Å²) in [6, 6.07) is 7.73. The average Bonchev–Trinajstić information content (AvgIpc) is 2.34. The van der Waals surface area contributed by atoms with Gasteiger partial charge in [0.25, 0.3) is 0 Å². The Morgan fingerprint density at radius 2 is 1.89 bits per heavy atom. The predicted octanol–water partition coefficient (Wildman–Crippen LogP) is 5.30. The van der Waals surface area contributed by atoms with E-state index >= 15 is 0 Å². The molecule has 0 aliphatic heterocycles. The van der Waals surface area contributed by atoms with Crippen LogP contribution in [0.25, 0.3) is 0 Å². The highest BCUT2D eigenvalue weighted by Gasteiger charge is 2.08. The van der Waals surface area contributed by atoms with Gasteiger partial charge in [0.1, 0.15) is 11.6 Å². The van der Waals surface area contributed by atoms with Crippen molar-refractivity contribution in [3.05, 3.63) is 62.6 Å². The van der Waals surface area contributed by atoms with Crippen LogP contribution in [0.5, 0.6) is 0 Å². The lowest BCUT2D eigenvalue weighted by molar-refractivity contribution is 0.580. The van der Waals surface area contributed by atoms with E-state index < -0.39 is 11.6 Å². The second-order valence-electron chi connectivity index (χ2n) is 4.17. The largest absolute Gasteiger partial charge is 0.379 e. The smallest absolute Gasteiger partial charge is 0.149 e. The molecule has 0 unspecified atom stereocenters. The molecular formula is C14H11BrClF2N. The van der Waals surface area contributed by atoms with Gasteiger partial charge >= 0.3 is 0 Å². The molecule has 0 radical (unpaired) electrons. The molecule has 100 valence electrons. The summed E-state index contributed by atoms with van der Waals surface area (Å²) in [6.45, 7) is 2.37. The van der Waals surface area contributed by atoms with Crippen molar-refractivity contribution >= 4 is 33.2 Å². The van der Waals surface area contributed by atoms with Crippen LogP contribution in [-0.4, -0.2) is 0 Å². The fourth-order valence-electron chi connectivity index (χ4n) is 1.71. The third-order valence-electron chi connectivity index (χ3n) is 2.78. The van der Waals surface area contributed by atoms with Crippen molar-refractivity contribution in [2.45, 2.75) is 13.5 Å². The van der Waals surface area contributed by atoms with E-state index in [1.54, 1.807) is 6.07 Å². The molecule has 1 N–H and O–H groups in total. The van der Waals surface area contributed by atoms with Gasteiger partial charge in [-0.2, -0.15) is 0 Å². The highest BCUT2D eigenvalue weighted by molar-refractivity contribution is 9.10. The number of hydrogen-bond acceptors (Lipinski definition) is 1. The van der Waals surface area contributed by atoms with E-state index in [2.05, 4.69) is 21.2 Å². The zero-order valence-corrected chi connectivity index (χ0v) is 12.4. The van der Waals surface area contributed by atoms with Crippen molar-refractivity contribution < 1.29 is 8.78 Å². The third kappa shape index (κ3) is 3.45. The molecule has 1 nitrogen and oxygen atoms in total. The van der Waals surface area contributed by atoms with Gasteiger partial charge < -0.3 is 5.32 Å². The Bertz CT molecular complexity index is 617. The van der Waals surface area contributed by atoms with Crippen LogP contribution < -0.4 is 5.32 Å². The molecule has 0 amide bonds. The Balaban J connectivity index is 2.16. The lowest BCUT2D eigenvalue weighted by atomic mass is 10.1. The Labute approximate surface area is 123 Å². The molecule has 0 fully saturated rings. The van der Waals surface area contributed by atoms with Crippen molar-refractivity contribution in [3.8, 4) is 0 Å². The number of aryl methyl sites for hydroxylation is 1. The van der Waals surface area contributed by atoms with Gasteiger partial charge in [0.2, 0.25) is 0 Å². The van der Waals surface area contributed by atoms with Gasteiger partial charge in [0.15, 0.2) is 0 Å². The van der Waals surface area contributed by atoms with Crippen LogP contribution in [0.4, 0.5) is 14.5 Å². The zero-order chi connectivity index (χ0) is 14.0. The van der Waals surface area contributed by atoms with E-state index in [-0.39, 0.29) is 10.2 Å². The molecule has 0 aromatic heterocycles. The summed E-state index contributed by atoms with van der Waals surface area (Å²) < 4.78 is 26.9. The fraction of sp³-hybridized carbons (Fsp3) is 0.143. The first kappa shape index (κ1) is 14.3. The Morgan fingerprint density at radius 3 is 2.58 bits per heavy atom. The van der Waals surface area contributed by atoms with Crippen LogP contribution in [0.3, 0.4) is 0 Å². The maximum absolute atomic E-state index is 13.6. The molecule has 0 aliphatic carbocycles. The maximum atomic E-state index is 13.6. The number of halogens is 4. The average molecular weight is 347 g/mol. The summed E-state index contributed by atoms with van der Waals surface area (Å²) in [4.78, 5) is 0. The Hall–Kier alpha value is -1.13. The van der Waals surface area contributed by atoms with Crippen molar-refractivity contribution in [3.63, 3.8) is 0 Å². The zero-order valence-electron chi connectivity index (χ0n) is 10.1. The van der Waals surface area contributed by atoms with Crippen LogP contribution in [0.1, 0.15) is 11.1 Å². The van der Waals surface area contributed by atoms with Crippen molar-refractivity contribution in [1.82, 2.24) is 0 Å². The minimum Gasteiger partial charge on any atom is -0.379 e. The van der Waals surface area contributed by atoms with Crippen LogP contribution in [0.2, 0.25) is 5.02 Å². The summed E-state index contributed by atoms with van der Waals surface area (Å²) in [5, 5.41) is 3.61. The van der Waals surface area contributed by atoms with Crippen molar-refractivity contribution in [2.24, 2.45) is 0 Å². The van der Waals surface area contributed by atoms with Gasteiger partial charge in [-0.3, -0.25) is 0 Å². The maximum Gasteiger partial charge on any atom is 0.149 e. The minimum absolute atomic E-state index is 0.226. The molecular weight excluding hydrogens is 336 g/mol. The molecule has 0 spiro atoms. The molecule has 0 aliphatic rings. The highest BCUT2D eigenvalue weighted by Crippen LogP contribution is 2.24. The lowest BCUT2D eigenvalue weighted by Crippen LogP contribution is -2.03. The first-order chi connectivity index (χ1) is 8.97. The molecule has 2 aromatic rings. The normalized spacial score (nSPS) is 10.6. The monoisotopic (exact) mass is 345 g/mol. The van der Waals surface area contributed by atoms with Gasteiger partial charge in [-0.25, -0.2) is 8.78 Å². The fourth-order valence-corrected chi connectivity index (χ4v) is 2.28. The molecule has 5 heteroatoms. The standard InChI is InChI=1S/C14H11BrClF2N/c1-8-4-10(16)3-2-9(8)7-19-14-5-11(15)12(17)6-13(14)18/h2-6,19H,7H2,1H3. The van der Waals surface area contributed by atoms with Crippen LogP contribution in [-0.2, 0) is 6.54 Å². The molecule has 0 saturated heterocycles. The Kier molecular flexibility index (Phi) is 4.42. The number of anilines is 1. The van der Waals surface area contributed by atoms with Crippen molar-refractivity contribution in [1.29, 1.82) is 0 Å². The van der Waals surface area contributed by atoms with E-state index in [1.165, 1.54) is 6.07 Å². The van der Waals surface area contributed by atoms with Gasteiger partial charge in [-0.05, 0) is 52.2 Å². The second kappa shape index (κ2) is 5.88. The van der Waals surface area contributed by atoms with Crippen LogP contribution in [0.15, 0.2) is 34.8 Å². The minimum atomic E-state index is -0.620. The lowest BCUT2D eigenvalue weighted by Gasteiger charge is -2.11. The van der Waals surface area contributed by atoms with Crippen LogP contribution >= 0.6 is 27.5 Å². The molecule has 0 bridgehead atoms. The predicted molar refractivity (Wildman–Crippen MR) is 77.6 cm³/mol. The second-order valence-corrected chi connectivity index (χ2v) is 5.46. The Morgan fingerprint density at radius 1 is 1.16 bits per heavy atom. The molecule has 19 heavy (non-hydrogen) atoms. The van der Waals surface area contributed by atoms with E-state index in [4.69, 9.17) is 11.6 Å². The SMILES string of the molecule is Cc1cc(Cl)ccc1CNc1cc(Br)c(F)cc1F. The molecule has 0 heterocycles. The first-order valence-corrected chi connectivity index (χ1v) is 6.78. The summed E-state index contributed by atoms with van der Waals surface area (Å²) in [5.74, 6) is -1.24. The van der Waals surface area contributed by atoms with Gasteiger partial charge in [-0.1, -0.05) is 17.7 Å². The molecule has 2 aromatic carbocycles. The van der Waals surface area contributed by atoms with E-state index in [0.29, 0.717) is 11.6 Å². The van der Waals surface area contributed by atoms with Gasteiger partial charge in [0.05, 0.1) is 10.2 Å². The van der Waals surface area contributed by atoms with Crippen LogP contribution in [0, 0.1) is 18.6 Å². The topological polar surface area (TPSA) is 12.0 Å². The third-order valence-corrected chi connectivity index (χ3v) is 3.63. The number of hydrogen-bond donors (Lipinski definition) is 1. The number of benzene rings is 2. The molecule has 0 saturated carbocycles. The van der Waals surface area contributed by atoms with E-state index in [0.717, 1.165) is 17.2 Å². The molecule has 0 atom stereocenters. The molecule has 2 rings (SSSR count). The number of rotatable bonds is 3. The number of nitrogens with one attached hydrogen (secondary N) is 1. The van der Waals surface area contributed by atoms with Gasteiger partial charge in [-0.15, -0.1) is 0 Å². The quantitative estimate of drug-likeness (QED) is 0.744. The van der Waals surface area contributed by atoms with Crippen molar-refractivity contribution in [2.75, 3.05) is 5.32 Å². The summed E-state index contributed by atoms with van der Waals surface area (Å²) >= 11 is 8.90. The van der Waals surface area contributed by atoms with E-state index in [9.17, 15) is 8.78 Å². The highest BCUT2D eigenvalue weighted by atomic mass is 79.9. The first-order valence-electron chi connectivity index (χ1n) is 5.61. The summed E-state index contributed by atoms with van der Waals surface area (Å²) in [5.41, 5.74) is 2.27. The van der Waals surface area contributed by atoms with E-state index in [1.807, 2.05) is 19.1 Å². The van der Waals surface area contributed by atoms with Gasteiger partial charge in [0, 0.05) is 17.6 Å².